The maximum atomic E-state index is 11.8. The summed E-state index contributed by atoms with van der Waals surface area (Å²) < 4.78 is 0. The second kappa shape index (κ2) is 4.44. The molecule has 1 aromatic carbocycles. The first-order chi connectivity index (χ1) is 7.61. The summed E-state index contributed by atoms with van der Waals surface area (Å²) >= 11 is 5.88. The molecule has 2 unspecified atom stereocenters. The highest BCUT2D eigenvalue weighted by Gasteiger charge is 2.30. The predicted molar refractivity (Wildman–Crippen MR) is 65.7 cm³/mol. The number of fused-ring (bicyclic) bond motifs is 1. The van der Waals surface area contributed by atoms with Gasteiger partial charge in [-0.2, -0.15) is 0 Å². The molecule has 0 radical (unpaired) electrons. The quantitative estimate of drug-likeness (QED) is 0.850. The minimum Gasteiger partial charge on any atom is -0.324 e. The molecule has 1 heterocycles. The van der Waals surface area contributed by atoms with Crippen molar-refractivity contribution in [1.82, 2.24) is 5.32 Å². The molecule has 1 aliphatic rings. The topological polar surface area (TPSA) is 41.1 Å². The molecule has 2 N–H and O–H groups in total. The first-order valence-corrected chi connectivity index (χ1v) is 5.86. The fourth-order valence-corrected chi connectivity index (χ4v) is 1.97. The molecule has 2 rings (SSSR count). The lowest BCUT2D eigenvalue weighted by Gasteiger charge is -2.16. The van der Waals surface area contributed by atoms with E-state index in [1.54, 1.807) is 6.07 Å². The van der Waals surface area contributed by atoms with E-state index < -0.39 is 0 Å². The van der Waals surface area contributed by atoms with Crippen molar-refractivity contribution in [3.8, 4) is 0 Å². The first-order valence-electron chi connectivity index (χ1n) is 5.48. The number of amides is 1. The normalized spacial score (nSPS) is 20.4. The largest absolute Gasteiger partial charge is 0.324 e. The number of hydrogen-bond donors (Lipinski definition) is 2. The van der Waals surface area contributed by atoms with Crippen molar-refractivity contribution >= 4 is 23.2 Å². The van der Waals surface area contributed by atoms with E-state index in [4.69, 9.17) is 11.6 Å². The van der Waals surface area contributed by atoms with Crippen LogP contribution in [0.1, 0.15) is 31.9 Å². The third kappa shape index (κ3) is 2.06. The molecule has 0 saturated carbocycles. The lowest BCUT2D eigenvalue weighted by molar-refractivity contribution is -0.117. The Morgan fingerprint density at radius 1 is 1.56 bits per heavy atom. The van der Waals surface area contributed by atoms with Crippen LogP contribution >= 0.6 is 11.6 Å². The van der Waals surface area contributed by atoms with Gasteiger partial charge in [0.05, 0.1) is 0 Å². The van der Waals surface area contributed by atoms with Crippen LogP contribution < -0.4 is 10.6 Å². The molecule has 2 atom stereocenters. The molecular formula is C12H15ClN2O. The van der Waals surface area contributed by atoms with Gasteiger partial charge in [0.25, 0.3) is 0 Å². The fraction of sp³-hybridized carbons (Fsp3) is 0.417. The Balaban J connectivity index is 2.26. The molecule has 0 fully saturated rings. The fourth-order valence-electron chi connectivity index (χ4n) is 1.80. The van der Waals surface area contributed by atoms with Crippen LogP contribution in [0.3, 0.4) is 0 Å². The number of carbonyl (C=O) groups is 1. The first kappa shape index (κ1) is 11.4. The van der Waals surface area contributed by atoms with Crippen LogP contribution in [0.4, 0.5) is 5.69 Å². The van der Waals surface area contributed by atoms with Gasteiger partial charge >= 0.3 is 0 Å². The Hall–Kier alpha value is -1.06. The SMILES string of the molecule is CCC(C)NC1C(=O)Nc2cc(Cl)ccc21. The van der Waals surface area contributed by atoms with Crippen molar-refractivity contribution < 1.29 is 4.79 Å². The van der Waals surface area contributed by atoms with Gasteiger partial charge in [-0.15, -0.1) is 0 Å². The smallest absolute Gasteiger partial charge is 0.246 e. The Kier molecular flexibility index (Phi) is 3.17. The van der Waals surface area contributed by atoms with Crippen LogP contribution in [0.5, 0.6) is 0 Å². The summed E-state index contributed by atoms with van der Waals surface area (Å²) in [7, 11) is 0. The number of benzene rings is 1. The summed E-state index contributed by atoms with van der Waals surface area (Å²) in [5.74, 6) is -0.00225. The highest BCUT2D eigenvalue weighted by molar-refractivity contribution is 6.31. The summed E-state index contributed by atoms with van der Waals surface area (Å²) in [5, 5.41) is 6.77. The Morgan fingerprint density at radius 3 is 3.00 bits per heavy atom. The van der Waals surface area contributed by atoms with Crippen LogP contribution in [-0.4, -0.2) is 11.9 Å². The third-order valence-electron chi connectivity index (χ3n) is 2.91. The molecule has 4 heteroatoms. The van der Waals surface area contributed by atoms with Crippen LogP contribution in [-0.2, 0) is 4.79 Å². The number of nitrogens with one attached hydrogen (secondary N) is 2. The van der Waals surface area contributed by atoms with Crippen LogP contribution in [0.2, 0.25) is 5.02 Å². The Morgan fingerprint density at radius 2 is 2.31 bits per heavy atom. The number of halogens is 1. The monoisotopic (exact) mass is 238 g/mol. The van der Waals surface area contributed by atoms with Crippen molar-refractivity contribution in [2.24, 2.45) is 0 Å². The zero-order valence-electron chi connectivity index (χ0n) is 9.38. The van der Waals surface area contributed by atoms with Crippen LogP contribution in [0.15, 0.2) is 18.2 Å². The predicted octanol–water partition coefficient (Wildman–Crippen LogP) is 2.72. The van der Waals surface area contributed by atoms with E-state index >= 15 is 0 Å². The van der Waals surface area contributed by atoms with E-state index in [0.29, 0.717) is 11.1 Å². The maximum Gasteiger partial charge on any atom is 0.246 e. The van der Waals surface area contributed by atoms with Crippen LogP contribution in [0.25, 0.3) is 0 Å². The molecule has 1 amide bonds. The number of carbonyl (C=O) groups excluding carboxylic acids is 1. The van der Waals surface area contributed by atoms with E-state index in [-0.39, 0.29) is 11.9 Å². The van der Waals surface area contributed by atoms with E-state index in [9.17, 15) is 4.79 Å². The minimum atomic E-state index is -0.248. The molecular weight excluding hydrogens is 224 g/mol. The lowest BCUT2D eigenvalue weighted by atomic mass is 10.1. The summed E-state index contributed by atoms with van der Waals surface area (Å²) in [6, 6.07) is 5.56. The minimum absolute atomic E-state index is 0.00225. The van der Waals surface area contributed by atoms with Crippen molar-refractivity contribution in [2.75, 3.05) is 5.32 Å². The molecule has 16 heavy (non-hydrogen) atoms. The molecule has 0 aromatic heterocycles. The highest BCUT2D eigenvalue weighted by atomic mass is 35.5. The molecule has 86 valence electrons. The second-order valence-electron chi connectivity index (χ2n) is 4.13. The van der Waals surface area contributed by atoms with Crippen molar-refractivity contribution in [3.63, 3.8) is 0 Å². The van der Waals surface area contributed by atoms with Gasteiger partial charge in [0.1, 0.15) is 6.04 Å². The van der Waals surface area contributed by atoms with Crippen molar-refractivity contribution in [1.29, 1.82) is 0 Å². The average Bonchev–Trinajstić information content (AvgIpc) is 2.54. The van der Waals surface area contributed by atoms with E-state index in [2.05, 4.69) is 24.5 Å². The highest BCUT2D eigenvalue weighted by Crippen LogP contribution is 2.33. The summed E-state index contributed by atoms with van der Waals surface area (Å²) in [6.45, 7) is 4.16. The number of rotatable bonds is 3. The van der Waals surface area contributed by atoms with Gasteiger partial charge in [-0.05, 0) is 25.5 Å². The third-order valence-corrected chi connectivity index (χ3v) is 3.15. The Bertz CT molecular complexity index is 419. The zero-order valence-corrected chi connectivity index (χ0v) is 10.1. The summed E-state index contributed by atoms with van der Waals surface area (Å²) in [6.07, 6.45) is 0.993. The van der Waals surface area contributed by atoms with E-state index in [1.807, 2.05) is 12.1 Å². The van der Waals surface area contributed by atoms with E-state index in [0.717, 1.165) is 17.7 Å². The lowest BCUT2D eigenvalue weighted by Crippen LogP contribution is -2.34. The summed E-state index contributed by atoms with van der Waals surface area (Å²) in [4.78, 5) is 11.8. The summed E-state index contributed by atoms with van der Waals surface area (Å²) in [5.41, 5.74) is 1.80. The molecule has 3 nitrogen and oxygen atoms in total. The van der Waals surface area contributed by atoms with Gasteiger partial charge in [0, 0.05) is 22.3 Å². The molecule has 1 aromatic rings. The molecule has 0 aliphatic carbocycles. The standard InChI is InChI=1S/C12H15ClN2O/c1-3-7(2)14-11-9-5-4-8(13)6-10(9)15-12(11)16/h4-7,11,14H,3H2,1-2H3,(H,15,16). The van der Waals surface area contributed by atoms with Gasteiger partial charge in [0.2, 0.25) is 5.91 Å². The van der Waals surface area contributed by atoms with Gasteiger partial charge in [0.15, 0.2) is 0 Å². The molecule has 0 saturated heterocycles. The van der Waals surface area contributed by atoms with Gasteiger partial charge in [-0.3, -0.25) is 10.1 Å². The van der Waals surface area contributed by atoms with Gasteiger partial charge in [-0.25, -0.2) is 0 Å². The maximum absolute atomic E-state index is 11.8. The number of hydrogen-bond acceptors (Lipinski definition) is 2. The second-order valence-corrected chi connectivity index (χ2v) is 4.57. The van der Waals surface area contributed by atoms with Gasteiger partial charge < -0.3 is 5.32 Å². The van der Waals surface area contributed by atoms with Crippen molar-refractivity contribution in [2.45, 2.75) is 32.4 Å². The van der Waals surface area contributed by atoms with Crippen LogP contribution in [0, 0.1) is 0 Å². The van der Waals surface area contributed by atoms with E-state index in [1.165, 1.54) is 0 Å². The molecule has 0 spiro atoms. The Labute approximate surface area is 100 Å². The van der Waals surface area contributed by atoms with Gasteiger partial charge in [-0.1, -0.05) is 24.6 Å². The molecule has 0 bridgehead atoms. The number of anilines is 1. The average molecular weight is 239 g/mol. The molecule has 1 aliphatic heterocycles. The van der Waals surface area contributed by atoms with Crippen molar-refractivity contribution in [3.05, 3.63) is 28.8 Å². The zero-order chi connectivity index (χ0) is 11.7.